The van der Waals surface area contributed by atoms with E-state index in [9.17, 15) is 0 Å². The second-order valence-electron chi connectivity index (χ2n) is 14.0. The number of rotatable bonds is 6. The van der Waals surface area contributed by atoms with Gasteiger partial charge in [0.05, 0.1) is 16.7 Å². The fraction of sp³-hybridized carbons (Fsp3) is 0. The fourth-order valence-electron chi connectivity index (χ4n) is 8.12. The highest BCUT2D eigenvalue weighted by atomic mass is 16.3. The predicted octanol–water partition coefficient (Wildman–Crippen LogP) is 13.2. The van der Waals surface area contributed by atoms with E-state index >= 15 is 0 Å². The first kappa shape index (κ1) is 31.9. The van der Waals surface area contributed by atoms with E-state index in [0.717, 1.165) is 77.6 Å². The van der Waals surface area contributed by atoms with Crippen LogP contribution in [0.3, 0.4) is 0 Å². The van der Waals surface area contributed by atoms with Crippen LogP contribution in [0, 0.1) is 0 Å². The molecule has 0 radical (unpaired) electrons. The van der Waals surface area contributed by atoms with E-state index in [0.29, 0.717) is 17.5 Å². The van der Waals surface area contributed by atoms with Crippen molar-refractivity contribution in [2.75, 3.05) is 0 Å². The van der Waals surface area contributed by atoms with Crippen LogP contribution in [-0.4, -0.2) is 19.5 Å². The summed E-state index contributed by atoms with van der Waals surface area (Å²) in [6, 6.07) is 67.2. The molecule has 0 saturated carbocycles. The lowest BCUT2D eigenvalue weighted by Crippen LogP contribution is -2.00. The van der Waals surface area contributed by atoms with Gasteiger partial charge in [-0.3, -0.25) is 0 Å². The van der Waals surface area contributed by atoms with Crippen molar-refractivity contribution in [3.8, 4) is 62.1 Å². The Hall–Kier alpha value is -7.63. The molecule has 3 aromatic heterocycles. The monoisotopic (exact) mass is 716 g/mol. The third-order valence-electron chi connectivity index (χ3n) is 10.7. The van der Waals surface area contributed by atoms with E-state index < -0.39 is 0 Å². The van der Waals surface area contributed by atoms with Crippen molar-refractivity contribution >= 4 is 43.7 Å². The highest BCUT2D eigenvalue weighted by molar-refractivity contribution is 6.20. The molecule has 0 spiro atoms. The molecule has 0 atom stereocenters. The zero-order valence-corrected chi connectivity index (χ0v) is 30.2. The molecule has 11 aromatic rings. The van der Waals surface area contributed by atoms with Crippen molar-refractivity contribution in [1.29, 1.82) is 0 Å². The summed E-state index contributed by atoms with van der Waals surface area (Å²) in [5.41, 5.74) is 11.9. The predicted molar refractivity (Wildman–Crippen MR) is 229 cm³/mol. The minimum Gasteiger partial charge on any atom is -0.454 e. The molecule has 8 aromatic carbocycles. The van der Waals surface area contributed by atoms with E-state index in [1.54, 1.807) is 0 Å². The molecule has 11 rings (SSSR count). The molecular formula is C51H32N4O. The van der Waals surface area contributed by atoms with Gasteiger partial charge < -0.3 is 8.98 Å². The first-order valence-electron chi connectivity index (χ1n) is 18.8. The number of benzene rings is 8. The van der Waals surface area contributed by atoms with Crippen molar-refractivity contribution in [2.45, 2.75) is 0 Å². The lowest BCUT2D eigenvalue weighted by Gasteiger charge is -2.12. The summed E-state index contributed by atoms with van der Waals surface area (Å²) in [7, 11) is 0. The Labute approximate surface area is 322 Å². The molecular weight excluding hydrogens is 685 g/mol. The quantitative estimate of drug-likeness (QED) is 0.172. The molecule has 0 N–H and O–H groups in total. The summed E-state index contributed by atoms with van der Waals surface area (Å²) in [5.74, 6) is 1.79. The molecule has 0 fully saturated rings. The zero-order valence-electron chi connectivity index (χ0n) is 30.2. The third kappa shape index (κ3) is 5.21. The number of furan rings is 1. The molecule has 3 heterocycles. The summed E-state index contributed by atoms with van der Waals surface area (Å²) in [6.45, 7) is 0. The minimum atomic E-state index is 0.577. The maximum Gasteiger partial charge on any atom is 0.164 e. The van der Waals surface area contributed by atoms with Crippen LogP contribution < -0.4 is 0 Å². The van der Waals surface area contributed by atoms with E-state index in [1.165, 1.54) is 10.8 Å². The molecule has 0 aliphatic heterocycles. The van der Waals surface area contributed by atoms with Gasteiger partial charge in [-0.25, -0.2) is 15.0 Å². The Morgan fingerprint density at radius 2 is 0.893 bits per heavy atom. The van der Waals surface area contributed by atoms with Gasteiger partial charge in [-0.1, -0.05) is 164 Å². The highest BCUT2D eigenvalue weighted by Crippen LogP contribution is 2.45. The van der Waals surface area contributed by atoms with Crippen molar-refractivity contribution in [3.05, 3.63) is 194 Å². The molecule has 262 valence electrons. The van der Waals surface area contributed by atoms with Crippen LogP contribution in [-0.2, 0) is 0 Å². The van der Waals surface area contributed by atoms with Gasteiger partial charge in [-0.15, -0.1) is 0 Å². The first-order chi connectivity index (χ1) is 27.8. The normalized spacial score (nSPS) is 11.6. The second-order valence-corrected chi connectivity index (χ2v) is 14.0. The van der Waals surface area contributed by atoms with Gasteiger partial charge in [-0.2, -0.15) is 0 Å². The molecule has 0 saturated heterocycles. The topological polar surface area (TPSA) is 56.7 Å². The van der Waals surface area contributed by atoms with Gasteiger partial charge in [0.15, 0.2) is 23.1 Å². The van der Waals surface area contributed by atoms with Crippen LogP contribution in [0.4, 0.5) is 0 Å². The second kappa shape index (κ2) is 13.0. The van der Waals surface area contributed by atoms with Gasteiger partial charge in [0.25, 0.3) is 0 Å². The lowest BCUT2D eigenvalue weighted by atomic mass is 9.96. The molecule has 0 unspecified atom stereocenters. The number of nitrogens with zero attached hydrogens (tertiary/aromatic N) is 4. The Morgan fingerprint density at radius 1 is 0.357 bits per heavy atom. The number of para-hydroxylation sites is 2. The minimum absolute atomic E-state index is 0.577. The van der Waals surface area contributed by atoms with Crippen LogP contribution in [0.25, 0.3) is 106 Å². The highest BCUT2D eigenvalue weighted by Gasteiger charge is 2.24. The van der Waals surface area contributed by atoms with Crippen LogP contribution in [0.15, 0.2) is 199 Å². The van der Waals surface area contributed by atoms with Gasteiger partial charge in [0.2, 0.25) is 0 Å². The van der Waals surface area contributed by atoms with Gasteiger partial charge >= 0.3 is 0 Å². The number of hydrogen-bond acceptors (Lipinski definition) is 4. The van der Waals surface area contributed by atoms with Crippen molar-refractivity contribution in [3.63, 3.8) is 0 Å². The lowest BCUT2D eigenvalue weighted by molar-refractivity contribution is 0.666. The Bertz CT molecular complexity index is 3190. The van der Waals surface area contributed by atoms with E-state index in [4.69, 9.17) is 19.4 Å². The van der Waals surface area contributed by atoms with Crippen LogP contribution in [0.2, 0.25) is 0 Å². The van der Waals surface area contributed by atoms with Gasteiger partial charge in [0.1, 0.15) is 5.58 Å². The average molecular weight is 717 g/mol. The van der Waals surface area contributed by atoms with Gasteiger partial charge in [-0.05, 0) is 52.6 Å². The molecule has 0 amide bonds. The summed E-state index contributed by atoms with van der Waals surface area (Å²) >= 11 is 0. The molecule has 0 bridgehead atoms. The maximum absolute atomic E-state index is 7.03. The van der Waals surface area contributed by atoms with Gasteiger partial charge in [0, 0.05) is 38.2 Å². The van der Waals surface area contributed by atoms with Crippen LogP contribution in [0.1, 0.15) is 0 Å². The summed E-state index contributed by atoms with van der Waals surface area (Å²) in [6.07, 6.45) is 0. The fourth-order valence-corrected chi connectivity index (χ4v) is 8.12. The first-order valence-corrected chi connectivity index (χ1v) is 18.8. The van der Waals surface area contributed by atoms with Crippen molar-refractivity contribution in [2.24, 2.45) is 0 Å². The molecule has 5 nitrogen and oxygen atoms in total. The maximum atomic E-state index is 7.03. The molecule has 5 heteroatoms. The Balaban J connectivity index is 1.21. The van der Waals surface area contributed by atoms with E-state index in [1.807, 2.05) is 48.5 Å². The average Bonchev–Trinajstić information content (AvgIpc) is 3.84. The number of aromatic nitrogens is 4. The SMILES string of the molecule is c1ccc(-c2cccc(-c3nc(-c4ccccc4)nc(-c4cccc5oc6c(-n7c8ccccc8c8ccccc87)ccc(-c7ccccc7)c6c45)n3)c2)cc1. The Kier molecular flexibility index (Phi) is 7.42. The van der Waals surface area contributed by atoms with E-state index in [-0.39, 0.29) is 0 Å². The van der Waals surface area contributed by atoms with Crippen LogP contribution in [0.5, 0.6) is 0 Å². The zero-order chi connectivity index (χ0) is 37.0. The Morgan fingerprint density at radius 3 is 1.59 bits per heavy atom. The number of hydrogen-bond donors (Lipinski definition) is 0. The smallest absolute Gasteiger partial charge is 0.164 e. The molecule has 0 aliphatic rings. The standard InChI is InChI=1S/C51H32N4O/c1-4-16-33(17-5-1)36-22-14-23-37(32-36)50-52-49(35-20-8-3-9-21-35)53-51(54-50)41-26-15-29-45-46(41)47-38(34-18-6-2-7-19-34)30-31-44(48(47)56-45)55-42-27-12-10-24-39(42)40-25-11-13-28-43(40)55/h1-32H. The van der Waals surface area contributed by atoms with Crippen molar-refractivity contribution < 1.29 is 4.42 Å². The summed E-state index contributed by atoms with van der Waals surface area (Å²) in [5, 5.41) is 4.36. The van der Waals surface area contributed by atoms with E-state index in [2.05, 4.69) is 150 Å². The molecule has 0 aliphatic carbocycles. The third-order valence-corrected chi connectivity index (χ3v) is 10.7. The number of fused-ring (bicyclic) bond motifs is 6. The van der Waals surface area contributed by atoms with Crippen LogP contribution >= 0.6 is 0 Å². The summed E-state index contributed by atoms with van der Waals surface area (Å²) in [4.78, 5) is 15.5. The molecule has 56 heavy (non-hydrogen) atoms. The van der Waals surface area contributed by atoms with Crippen molar-refractivity contribution in [1.82, 2.24) is 19.5 Å². The summed E-state index contributed by atoms with van der Waals surface area (Å²) < 4.78 is 9.36. The largest absolute Gasteiger partial charge is 0.454 e.